The Kier molecular flexibility index (Phi) is 3.91. The van der Waals surface area contributed by atoms with Crippen LogP contribution in [0.3, 0.4) is 0 Å². The van der Waals surface area contributed by atoms with E-state index in [1.165, 1.54) is 14.2 Å². The van der Waals surface area contributed by atoms with Crippen LogP contribution in [0.2, 0.25) is 0 Å². The van der Waals surface area contributed by atoms with E-state index in [0.717, 1.165) is 11.0 Å². The molecule has 0 aliphatic carbocycles. The van der Waals surface area contributed by atoms with Gasteiger partial charge in [-0.05, 0) is 18.2 Å². The number of hydrogen-bond donors (Lipinski definition) is 2. The van der Waals surface area contributed by atoms with Crippen molar-refractivity contribution < 1.29 is 14.3 Å². The van der Waals surface area contributed by atoms with E-state index in [0.29, 0.717) is 5.69 Å². The van der Waals surface area contributed by atoms with Gasteiger partial charge in [0.2, 0.25) is 0 Å². The molecule has 0 unspecified atom stereocenters. The first-order valence-electron chi connectivity index (χ1n) is 5.52. The van der Waals surface area contributed by atoms with E-state index in [4.69, 9.17) is 9.47 Å². The highest BCUT2D eigenvalue weighted by atomic mass is 16.7. The molecule has 0 fully saturated rings. The first-order valence-corrected chi connectivity index (χ1v) is 5.52. The van der Waals surface area contributed by atoms with Gasteiger partial charge in [0.05, 0.1) is 17.6 Å². The number of methoxy groups -OCH3 is 2. The minimum absolute atomic E-state index is 0.216. The summed E-state index contributed by atoms with van der Waals surface area (Å²) >= 11 is 0. The summed E-state index contributed by atoms with van der Waals surface area (Å²) in [6, 6.07) is 5.39. The van der Waals surface area contributed by atoms with Crippen molar-refractivity contribution in [3.05, 3.63) is 30.1 Å². The van der Waals surface area contributed by atoms with Crippen molar-refractivity contribution in [2.24, 2.45) is 0 Å². The largest absolute Gasteiger partial charge is 0.354 e. The Hall–Kier alpha value is -1.92. The number of ether oxygens (including phenoxy) is 2. The van der Waals surface area contributed by atoms with Gasteiger partial charge in [0.25, 0.3) is 5.91 Å². The second-order valence-corrected chi connectivity index (χ2v) is 3.73. The number of carbonyl (C=O) groups is 1. The molecule has 1 amide bonds. The van der Waals surface area contributed by atoms with Crippen molar-refractivity contribution in [2.75, 3.05) is 20.8 Å². The zero-order valence-corrected chi connectivity index (χ0v) is 10.3. The van der Waals surface area contributed by atoms with E-state index in [-0.39, 0.29) is 12.5 Å². The van der Waals surface area contributed by atoms with Crippen LogP contribution < -0.4 is 5.32 Å². The van der Waals surface area contributed by atoms with Crippen LogP contribution >= 0.6 is 0 Å². The summed E-state index contributed by atoms with van der Waals surface area (Å²) in [4.78, 5) is 19.0. The van der Waals surface area contributed by atoms with E-state index in [2.05, 4.69) is 15.3 Å². The molecule has 0 aliphatic rings. The van der Waals surface area contributed by atoms with Gasteiger partial charge >= 0.3 is 0 Å². The average Bonchev–Trinajstić information content (AvgIpc) is 2.83. The minimum atomic E-state index is -0.448. The summed E-state index contributed by atoms with van der Waals surface area (Å²) in [7, 11) is 3.04. The van der Waals surface area contributed by atoms with E-state index in [1.807, 2.05) is 12.1 Å². The number of carbonyl (C=O) groups excluding carboxylic acids is 1. The lowest BCUT2D eigenvalue weighted by Crippen LogP contribution is -2.34. The van der Waals surface area contributed by atoms with Crippen molar-refractivity contribution >= 4 is 16.9 Å². The molecule has 0 spiro atoms. The Morgan fingerprint density at radius 2 is 2.28 bits per heavy atom. The molecule has 0 radical (unpaired) electrons. The lowest BCUT2D eigenvalue weighted by molar-refractivity contribution is -0.0974. The number of nitrogens with one attached hydrogen (secondary N) is 2. The van der Waals surface area contributed by atoms with Crippen LogP contribution in [0.15, 0.2) is 24.4 Å². The molecule has 2 aromatic heterocycles. The van der Waals surface area contributed by atoms with Crippen LogP contribution in [0.25, 0.3) is 11.0 Å². The zero-order chi connectivity index (χ0) is 13.0. The molecule has 18 heavy (non-hydrogen) atoms. The van der Waals surface area contributed by atoms with E-state index < -0.39 is 6.29 Å². The van der Waals surface area contributed by atoms with Crippen LogP contribution in [0.4, 0.5) is 0 Å². The number of rotatable bonds is 5. The van der Waals surface area contributed by atoms with E-state index in [1.54, 1.807) is 12.3 Å². The van der Waals surface area contributed by atoms with E-state index in [9.17, 15) is 4.79 Å². The molecule has 6 heteroatoms. The molecule has 6 nitrogen and oxygen atoms in total. The van der Waals surface area contributed by atoms with Crippen molar-refractivity contribution in [2.45, 2.75) is 6.29 Å². The Morgan fingerprint density at radius 3 is 2.94 bits per heavy atom. The fraction of sp³-hybridized carbons (Fsp3) is 0.333. The third kappa shape index (κ3) is 2.66. The maximum absolute atomic E-state index is 11.9. The topological polar surface area (TPSA) is 76.2 Å². The first kappa shape index (κ1) is 12.5. The lowest BCUT2D eigenvalue weighted by atomic mass is 10.3. The van der Waals surface area contributed by atoms with Crippen LogP contribution in [-0.2, 0) is 9.47 Å². The Balaban J connectivity index is 2.04. The number of H-pyrrole nitrogens is 1. The molecule has 2 aromatic rings. The van der Waals surface area contributed by atoms with Gasteiger partial charge < -0.3 is 19.8 Å². The number of fused-ring (bicyclic) bond motifs is 1. The van der Waals surface area contributed by atoms with Crippen molar-refractivity contribution in [3.8, 4) is 0 Å². The number of hydrogen-bond acceptors (Lipinski definition) is 4. The maximum Gasteiger partial charge on any atom is 0.267 e. The van der Waals surface area contributed by atoms with Gasteiger partial charge in [-0.2, -0.15) is 0 Å². The predicted molar refractivity (Wildman–Crippen MR) is 66.2 cm³/mol. The van der Waals surface area contributed by atoms with Gasteiger partial charge in [-0.15, -0.1) is 0 Å². The molecule has 96 valence electrons. The van der Waals surface area contributed by atoms with Crippen LogP contribution in [0.5, 0.6) is 0 Å². The molecule has 0 aromatic carbocycles. The average molecular weight is 249 g/mol. The summed E-state index contributed by atoms with van der Waals surface area (Å²) in [6.45, 7) is 0.286. The Bertz CT molecular complexity index is 501. The second-order valence-electron chi connectivity index (χ2n) is 3.73. The van der Waals surface area contributed by atoms with Gasteiger partial charge in [-0.25, -0.2) is 0 Å². The monoisotopic (exact) mass is 249 g/mol. The smallest absolute Gasteiger partial charge is 0.267 e. The normalized spacial score (nSPS) is 11.1. The summed E-state index contributed by atoms with van der Waals surface area (Å²) in [6.07, 6.45) is 1.24. The van der Waals surface area contributed by atoms with Crippen molar-refractivity contribution in [1.29, 1.82) is 0 Å². The van der Waals surface area contributed by atoms with Gasteiger partial charge in [0.1, 0.15) is 5.69 Å². The van der Waals surface area contributed by atoms with Gasteiger partial charge in [-0.3, -0.25) is 9.78 Å². The Morgan fingerprint density at radius 1 is 1.50 bits per heavy atom. The molecule has 0 saturated carbocycles. The third-order valence-electron chi connectivity index (χ3n) is 2.59. The van der Waals surface area contributed by atoms with Crippen molar-refractivity contribution in [1.82, 2.24) is 15.3 Å². The zero-order valence-electron chi connectivity index (χ0n) is 10.3. The predicted octanol–water partition coefficient (Wildman–Crippen LogP) is 0.912. The highest BCUT2D eigenvalue weighted by Crippen LogP contribution is 2.11. The van der Waals surface area contributed by atoms with Crippen LogP contribution in [0, 0.1) is 0 Å². The molecule has 0 aliphatic heterocycles. The summed E-state index contributed by atoms with van der Waals surface area (Å²) in [5.74, 6) is -0.216. The highest BCUT2D eigenvalue weighted by Gasteiger charge is 2.12. The minimum Gasteiger partial charge on any atom is -0.354 e. The van der Waals surface area contributed by atoms with Gasteiger partial charge in [0.15, 0.2) is 6.29 Å². The second kappa shape index (κ2) is 5.61. The lowest BCUT2D eigenvalue weighted by Gasteiger charge is -2.13. The van der Waals surface area contributed by atoms with Crippen LogP contribution in [0.1, 0.15) is 10.5 Å². The quantitative estimate of drug-likeness (QED) is 0.772. The molecule has 0 saturated heterocycles. The summed E-state index contributed by atoms with van der Waals surface area (Å²) in [5.41, 5.74) is 2.06. The first-order chi connectivity index (χ1) is 8.74. The molecule has 2 rings (SSSR count). The highest BCUT2D eigenvalue weighted by molar-refractivity contribution is 5.97. The van der Waals surface area contributed by atoms with Crippen molar-refractivity contribution in [3.63, 3.8) is 0 Å². The molecule has 0 bridgehead atoms. The third-order valence-corrected chi connectivity index (χ3v) is 2.59. The number of nitrogens with zero attached hydrogens (tertiary/aromatic N) is 1. The fourth-order valence-electron chi connectivity index (χ4n) is 1.61. The molecule has 2 N–H and O–H groups in total. The summed E-state index contributed by atoms with van der Waals surface area (Å²) in [5, 5.41) is 2.71. The van der Waals surface area contributed by atoms with Gasteiger partial charge in [0, 0.05) is 20.4 Å². The standard InChI is InChI=1S/C12H15N3O3/c1-17-11(18-2)7-14-12(16)10-6-9-8(15-10)4-3-5-13-9/h3-6,11,15H,7H2,1-2H3,(H,14,16). The number of pyridine rings is 1. The number of aromatic nitrogens is 2. The van der Waals surface area contributed by atoms with Crippen LogP contribution in [-0.4, -0.2) is 42.9 Å². The molecular formula is C12H15N3O3. The van der Waals surface area contributed by atoms with Gasteiger partial charge in [-0.1, -0.05) is 0 Å². The Labute approximate surface area is 104 Å². The fourth-order valence-corrected chi connectivity index (χ4v) is 1.61. The number of aromatic amines is 1. The molecule has 2 heterocycles. The molecular weight excluding hydrogens is 234 g/mol. The maximum atomic E-state index is 11.9. The summed E-state index contributed by atoms with van der Waals surface area (Å²) < 4.78 is 9.97. The van der Waals surface area contributed by atoms with E-state index >= 15 is 0 Å². The molecule has 0 atom stereocenters. The SMILES string of the molecule is COC(CNC(=O)c1cc2ncccc2[nH]1)OC. The number of amides is 1.